The van der Waals surface area contributed by atoms with Crippen molar-refractivity contribution in [3.05, 3.63) is 42.0 Å². The van der Waals surface area contributed by atoms with Crippen molar-refractivity contribution >= 4 is 23.3 Å². The molecule has 0 bridgehead atoms. The Balaban J connectivity index is 2.47. The van der Waals surface area contributed by atoms with Gasteiger partial charge >= 0.3 is 18.2 Å². The summed E-state index contributed by atoms with van der Waals surface area (Å²) in [6.07, 6.45) is -4.78. The number of anilines is 2. The highest BCUT2D eigenvalue weighted by atomic mass is 19.4. The van der Waals surface area contributed by atoms with Crippen LogP contribution in [-0.2, 0) is 9.59 Å². The van der Waals surface area contributed by atoms with E-state index in [0.717, 1.165) is 5.69 Å². The molecule has 0 fully saturated rings. The summed E-state index contributed by atoms with van der Waals surface area (Å²) < 4.78 is 40.8. The maximum atomic E-state index is 12.3. The zero-order valence-corrected chi connectivity index (χ0v) is 14.7. The fraction of sp³-hybridized carbons (Fsp3) is 0.222. The van der Waals surface area contributed by atoms with Crippen LogP contribution in [-0.4, -0.2) is 37.4 Å². The van der Waals surface area contributed by atoms with Crippen molar-refractivity contribution in [2.45, 2.75) is 13.3 Å². The number of hydrogen-bond acceptors (Lipinski definition) is 4. The van der Waals surface area contributed by atoms with Gasteiger partial charge in [0.2, 0.25) is 0 Å². The first-order chi connectivity index (χ1) is 12.5. The Morgan fingerprint density at radius 3 is 2.19 bits per heavy atom. The molecule has 0 radical (unpaired) electrons. The van der Waals surface area contributed by atoms with Crippen molar-refractivity contribution in [3.63, 3.8) is 0 Å². The van der Waals surface area contributed by atoms with E-state index in [1.54, 1.807) is 38.1 Å². The van der Waals surface area contributed by atoms with E-state index in [9.17, 15) is 22.8 Å². The molecule has 2 aromatic carbocycles. The van der Waals surface area contributed by atoms with E-state index in [1.165, 1.54) is 24.3 Å². The monoisotopic (exact) mass is 382 g/mol. The number of ether oxygens (including phenoxy) is 1. The average Bonchev–Trinajstić information content (AvgIpc) is 2.55. The quantitative estimate of drug-likeness (QED) is 0.790. The molecule has 27 heavy (non-hydrogen) atoms. The van der Waals surface area contributed by atoms with Crippen LogP contribution in [0.5, 0.6) is 5.75 Å². The molecule has 2 rings (SSSR count). The van der Waals surface area contributed by atoms with Gasteiger partial charge in [0.1, 0.15) is 5.75 Å². The summed E-state index contributed by atoms with van der Waals surface area (Å²) >= 11 is 0. The second kappa shape index (κ2) is 7.56. The summed E-state index contributed by atoms with van der Waals surface area (Å²) in [5.41, 5.74) is 2.84. The van der Waals surface area contributed by atoms with E-state index in [4.69, 9.17) is 5.11 Å². The van der Waals surface area contributed by atoms with Crippen LogP contribution in [0.2, 0.25) is 0 Å². The van der Waals surface area contributed by atoms with Gasteiger partial charge in [0, 0.05) is 31.0 Å². The van der Waals surface area contributed by atoms with Crippen LogP contribution in [0, 0.1) is 6.92 Å². The zero-order chi connectivity index (χ0) is 20.4. The molecular weight excluding hydrogens is 365 g/mol. The maximum Gasteiger partial charge on any atom is 0.573 e. The summed E-state index contributed by atoms with van der Waals surface area (Å²) in [5.74, 6) is -3.17. The lowest BCUT2D eigenvalue weighted by Crippen LogP contribution is -2.22. The largest absolute Gasteiger partial charge is 0.573 e. The number of rotatable bonds is 4. The minimum Gasteiger partial charge on any atom is -0.474 e. The number of benzene rings is 2. The topological polar surface area (TPSA) is 78.9 Å². The van der Waals surface area contributed by atoms with Crippen molar-refractivity contribution in [2.75, 3.05) is 24.3 Å². The van der Waals surface area contributed by atoms with Crippen LogP contribution in [0.3, 0.4) is 0 Å². The summed E-state index contributed by atoms with van der Waals surface area (Å²) in [4.78, 5) is 24.0. The standard InChI is InChI=1S/C18H17F3N2O4/c1-10-8-15(23(2)3)13(9-14(10)22-16(24)17(25)26)11-4-6-12(7-5-11)27-18(19,20)21/h4-9H,1-3H3,(H,22,24)(H,25,26). The number of nitrogens with zero attached hydrogens (tertiary/aromatic N) is 1. The fourth-order valence-electron chi connectivity index (χ4n) is 2.44. The van der Waals surface area contributed by atoms with Crippen LogP contribution in [0.1, 0.15) is 5.56 Å². The smallest absolute Gasteiger partial charge is 0.474 e. The molecule has 9 heteroatoms. The van der Waals surface area contributed by atoms with E-state index in [-0.39, 0.29) is 5.75 Å². The normalized spacial score (nSPS) is 11.0. The fourth-order valence-corrected chi connectivity index (χ4v) is 2.44. The first kappa shape index (κ1) is 20.1. The Labute approximate surface area is 153 Å². The van der Waals surface area contributed by atoms with Gasteiger partial charge in [0.25, 0.3) is 0 Å². The number of carboxylic acids is 1. The molecule has 0 aromatic heterocycles. The van der Waals surface area contributed by atoms with Crippen molar-refractivity contribution in [1.82, 2.24) is 0 Å². The van der Waals surface area contributed by atoms with Gasteiger partial charge in [-0.15, -0.1) is 13.2 Å². The zero-order valence-electron chi connectivity index (χ0n) is 14.7. The van der Waals surface area contributed by atoms with Crippen molar-refractivity contribution in [3.8, 4) is 16.9 Å². The number of carboxylic acid groups (broad SMARTS) is 1. The van der Waals surface area contributed by atoms with E-state index < -0.39 is 18.2 Å². The number of nitrogens with one attached hydrogen (secondary N) is 1. The predicted molar refractivity (Wildman–Crippen MR) is 93.9 cm³/mol. The number of hydrogen-bond donors (Lipinski definition) is 2. The first-order valence-electron chi connectivity index (χ1n) is 7.70. The Morgan fingerprint density at radius 1 is 1.11 bits per heavy atom. The highest BCUT2D eigenvalue weighted by Crippen LogP contribution is 2.36. The van der Waals surface area contributed by atoms with E-state index in [0.29, 0.717) is 22.4 Å². The lowest BCUT2D eigenvalue weighted by atomic mass is 9.99. The van der Waals surface area contributed by atoms with Crippen LogP contribution >= 0.6 is 0 Å². The molecule has 1 amide bonds. The Hall–Kier alpha value is -3.23. The highest BCUT2D eigenvalue weighted by Gasteiger charge is 2.31. The molecule has 0 heterocycles. The molecule has 0 aliphatic heterocycles. The van der Waals surface area contributed by atoms with Crippen molar-refractivity contribution in [1.29, 1.82) is 0 Å². The SMILES string of the molecule is Cc1cc(N(C)C)c(-c2ccc(OC(F)(F)F)cc2)cc1NC(=O)C(=O)O. The Kier molecular flexibility index (Phi) is 5.63. The van der Waals surface area contributed by atoms with Crippen molar-refractivity contribution < 1.29 is 32.6 Å². The molecule has 0 aliphatic rings. The third-order valence-corrected chi connectivity index (χ3v) is 3.67. The van der Waals surface area contributed by atoms with Crippen molar-refractivity contribution in [2.24, 2.45) is 0 Å². The number of aliphatic carboxylic acids is 1. The molecule has 6 nitrogen and oxygen atoms in total. The lowest BCUT2D eigenvalue weighted by molar-refractivity contribution is -0.274. The average molecular weight is 382 g/mol. The minimum absolute atomic E-state index is 0.290. The summed E-state index contributed by atoms with van der Waals surface area (Å²) in [6.45, 7) is 1.70. The van der Waals surface area contributed by atoms with E-state index >= 15 is 0 Å². The third kappa shape index (κ3) is 5.13. The molecule has 0 saturated heterocycles. The molecule has 0 saturated carbocycles. The number of amides is 1. The predicted octanol–water partition coefficient (Wildman–Crippen LogP) is 3.65. The molecule has 2 N–H and O–H groups in total. The molecule has 2 aromatic rings. The Morgan fingerprint density at radius 2 is 1.70 bits per heavy atom. The van der Waals surface area contributed by atoms with Crippen LogP contribution < -0.4 is 15.0 Å². The second-order valence-corrected chi connectivity index (χ2v) is 5.91. The van der Waals surface area contributed by atoms with E-state index in [2.05, 4.69) is 10.1 Å². The number of alkyl halides is 3. The van der Waals surface area contributed by atoms with Gasteiger partial charge in [-0.05, 0) is 42.3 Å². The first-order valence-corrected chi connectivity index (χ1v) is 7.70. The van der Waals surface area contributed by atoms with Gasteiger partial charge in [-0.3, -0.25) is 4.79 Å². The molecule has 0 aliphatic carbocycles. The van der Waals surface area contributed by atoms with Crippen LogP contribution in [0.15, 0.2) is 36.4 Å². The number of carbonyl (C=O) groups excluding carboxylic acids is 1. The maximum absolute atomic E-state index is 12.3. The molecule has 144 valence electrons. The van der Waals surface area contributed by atoms with Gasteiger partial charge < -0.3 is 20.1 Å². The van der Waals surface area contributed by atoms with E-state index in [1.807, 2.05) is 0 Å². The molecule has 0 atom stereocenters. The minimum atomic E-state index is -4.78. The van der Waals surface area contributed by atoms with Crippen LogP contribution in [0.4, 0.5) is 24.5 Å². The number of carbonyl (C=O) groups is 2. The molecule has 0 spiro atoms. The third-order valence-electron chi connectivity index (χ3n) is 3.67. The van der Waals surface area contributed by atoms with Crippen LogP contribution in [0.25, 0.3) is 11.1 Å². The molecule has 0 unspecified atom stereocenters. The van der Waals surface area contributed by atoms with Gasteiger partial charge in [-0.2, -0.15) is 0 Å². The van der Waals surface area contributed by atoms with Gasteiger partial charge in [-0.25, -0.2) is 4.79 Å². The summed E-state index contributed by atoms with van der Waals surface area (Å²) in [5, 5.41) is 11.1. The molecular formula is C18H17F3N2O4. The van der Waals surface area contributed by atoms with Gasteiger partial charge in [0.15, 0.2) is 0 Å². The highest BCUT2D eigenvalue weighted by molar-refractivity contribution is 6.36. The Bertz CT molecular complexity index is 862. The summed E-state index contributed by atoms with van der Waals surface area (Å²) in [6, 6.07) is 8.57. The number of halogens is 3. The second-order valence-electron chi connectivity index (χ2n) is 5.91. The van der Waals surface area contributed by atoms with Gasteiger partial charge in [0.05, 0.1) is 0 Å². The lowest BCUT2D eigenvalue weighted by Gasteiger charge is -2.21. The summed E-state index contributed by atoms with van der Waals surface area (Å²) in [7, 11) is 3.57. The number of aryl methyl sites for hydroxylation is 1. The van der Waals surface area contributed by atoms with Gasteiger partial charge in [-0.1, -0.05) is 12.1 Å².